The number of hydrogen-bond acceptors (Lipinski definition) is 3. The van der Waals surface area contributed by atoms with E-state index in [-0.39, 0.29) is 6.04 Å². The van der Waals surface area contributed by atoms with Crippen LogP contribution < -0.4 is 5.32 Å². The Bertz CT molecular complexity index is 199. The third-order valence-electron chi connectivity index (χ3n) is 3.27. The van der Waals surface area contributed by atoms with Crippen LogP contribution in [0, 0.1) is 11.3 Å². The average Bonchev–Trinajstić information content (AvgIpc) is 2.18. The van der Waals surface area contributed by atoms with Crippen LogP contribution in [0.25, 0.3) is 0 Å². The highest BCUT2D eigenvalue weighted by Crippen LogP contribution is 2.22. The van der Waals surface area contributed by atoms with Crippen molar-refractivity contribution in [3.8, 4) is 6.07 Å². The molecule has 1 aliphatic heterocycles. The lowest BCUT2D eigenvalue weighted by Crippen LogP contribution is -2.49. The first kappa shape index (κ1) is 11.5. The molecule has 3 nitrogen and oxygen atoms in total. The van der Waals surface area contributed by atoms with Crippen LogP contribution in [-0.4, -0.2) is 36.6 Å². The number of piperidine rings is 1. The Morgan fingerprint density at radius 3 is 2.43 bits per heavy atom. The number of rotatable bonds is 3. The van der Waals surface area contributed by atoms with E-state index in [4.69, 9.17) is 5.26 Å². The van der Waals surface area contributed by atoms with Gasteiger partial charge in [0.05, 0.1) is 6.07 Å². The van der Waals surface area contributed by atoms with E-state index in [0.29, 0.717) is 12.1 Å². The molecule has 1 rings (SSSR count). The van der Waals surface area contributed by atoms with Crippen LogP contribution in [0.1, 0.15) is 33.1 Å². The van der Waals surface area contributed by atoms with Gasteiger partial charge in [0, 0.05) is 18.6 Å². The van der Waals surface area contributed by atoms with Crippen LogP contribution in [0.2, 0.25) is 0 Å². The lowest BCUT2D eigenvalue weighted by molar-refractivity contribution is 0.0984. The lowest BCUT2D eigenvalue weighted by atomic mass is 9.97. The Kier molecular flexibility index (Phi) is 4.37. The first-order chi connectivity index (χ1) is 6.69. The molecule has 1 fully saturated rings. The van der Waals surface area contributed by atoms with E-state index < -0.39 is 0 Å². The maximum absolute atomic E-state index is 8.89. The number of hydrogen-bond donors (Lipinski definition) is 1. The lowest BCUT2D eigenvalue weighted by Gasteiger charge is -2.39. The SMILES string of the molecule is CNC(C#N)CN1[C@H](C)CCC[C@@H]1C. The Balaban J connectivity index is 2.51. The zero-order valence-electron chi connectivity index (χ0n) is 9.45. The molecule has 1 saturated heterocycles. The molecule has 0 spiro atoms. The summed E-state index contributed by atoms with van der Waals surface area (Å²) in [5.41, 5.74) is 0. The second kappa shape index (κ2) is 5.33. The van der Waals surface area contributed by atoms with Crippen molar-refractivity contribution in [2.75, 3.05) is 13.6 Å². The minimum absolute atomic E-state index is 0.0296. The van der Waals surface area contributed by atoms with Gasteiger partial charge < -0.3 is 5.32 Å². The predicted molar refractivity (Wildman–Crippen MR) is 57.9 cm³/mol. The topological polar surface area (TPSA) is 39.1 Å². The average molecular weight is 195 g/mol. The predicted octanol–water partition coefficient (Wildman–Crippen LogP) is 1.36. The van der Waals surface area contributed by atoms with Crippen molar-refractivity contribution in [1.82, 2.24) is 10.2 Å². The van der Waals surface area contributed by atoms with Crippen LogP contribution in [0.3, 0.4) is 0 Å². The van der Waals surface area contributed by atoms with Gasteiger partial charge in [-0.15, -0.1) is 0 Å². The van der Waals surface area contributed by atoms with Gasteiger partial charge in [-0.1, -0.05) is 6.42 Å². The van der Waals surface area contributed by atoms with E-state index in [2.05, 4.69) is 30.1 Å². The van der Waals surface area contributed by atoms with Crippen molar-refractivity contribution in [2.24, 2.45) is 0 Å². The second-order valence-electron chi connectivity index (χ2n) is 4.30. The molecule has 1 aliphatic rings. The summed E-state index contributed by atoms with van der Waals surface area (Å²) < 4.78 is 0. The Morgan fingerprint density at radius 2 is 2.00 bits per heavy atom. The Hall–Kier alpha value is -0.590. The number of nitrogens with zero attached hydrogens (tertiary/aromatic N) is 2. The van der Waals surface area contributed by atoms with E-state index in [1.807, 2.05) is 7.05 Å². The molecule has 3 atom stereocenters. The maximum atomic E-state index is 8.89. The standard InChI is InChI=1S/C11H21N3/c1-9-5-4-6-10(2)14(9)8-11(7-12)13-3/h9-11,13H,4-6,8H2,1-3H3/t9-,10+,11?. The third kappa shape index (κ3) is 2.70. The van der Waals surface area contributed by atoms with Crippen molar-refractivity contribution >= 4 is 0 Å². The molecule has 0 saturated carbocycles. The fraction of sp³-hybridized carbons (Fsp3) is 0.909. The van der Waals surface area contributed by atoms with E-state index in [1.54, 1.807) is 0 Å². The number of nitrogens with one attached hydrogen (secondary N) is 1. The summed E-state index contributed by atoms with van der Waals surface area (Å²) in [7, 11) is 1.85. The van der Waals surface area contributed by atoms with Gasteiger partial charge in [-0.25, -0.2) is 0 Å². The molecule has 0 aromatic carbocycles. The highest BCUT2D eigenvalue weighted by atomic mass is 15.2. The van der Waals surface area contributed by atoms with Crippen LogP contribution in [0.5, 0.6) is 0 Å². The first-order valence-corrected chi connectivity index (χ1v) is 5.51. The molecule has 1 heterocycles. The van der Waals surface area contributed by atoms with Gasteiger partial charge in [-0.3, -0.25) is 4.90 Å². The normalized spacial score (nSPS) is 31.0. The smallest absolute Gasteiger partial charge is 0.108 e. The molecule has 14 heavy (non-hydrogen) atoms. The molecule has 1 unspecified atom stereocenters. The van der Waals surface area contributed by atoms with Crippen molar-refractivity contribution in [3.63, 3.8) is 0 Å². The van der Waals surface area contributed by atoms with Gasteiger partial charge in [0.15, 0.2) is 0 Å². The third-order valence-corrected chi connectivity index (χ3v) is 3.27. The largest absolute Gasteiger partial charge is 0.304 e. The summed E-state index contributed by atoms with van der Waals surface area (Å²) in [5, 5.41) is 11.9. The van der Waals surface area contributed by atoms with Crippen molar-refractivity contribution in [1.29, 1.82) is 5.26 Å². The second-order valence-corrected chi connectivity index (χ2v) is 4.30. The molecule has 0 aromatic heterocycles. The van der Waals surface area contributed by atoms with E-state index in [1.165, 1.54) is 19.3 Å². The minimum atomic E-state index is -0.0296. The van der Waals surface area contributed by atoms with Crippen LogP contribution >= 0.6 is 0 Å². The Labute approximate surface area is 87.1 Å². The zero-order chi connectivity index (χ0) is 10.6. The van der Waals surface area contributed by atoms with Gasteiger partial charge in [-0.2, -0.15) is 5.26 Å². The van der Waals surface area contributed by atoms with Gasteiger partial charge in [0.25, 0.3) is 0 Å². The monoisotopic (exact) mass is 195 g/mol. The molecule has 3 heteroatoms. The summed E-state index contributed by atoms with van der Waals surface area (Å²) in [6.45, 7) is 5.38. The Morgan fingerprint density at radius 1 is 1.43 bits per heavy atom. The summed E-state index contributed by atoms with van der Waals surface area (Å²) in [5.74, 6) is 0. The van der Waals surface area contributed by atoms with Crippen LogP contribution in [0.4, 0.5) is 0 Å². The summed E-state index contributed by atoms with van der Waals surface area (Å²) in [6.07, 6.45) is 3.87. The van der Waals surface area contributed by atoms with Gasteiger partial charge >= 0.3 is 0 Å². The maximum Gasteiger partial charge on any atom is 0.108 e. The number of likely N-dealkylation sites (N-methyl/N-ethyl adjacent to an activating group) is 1. The summed E-state index contributed by atoms with van der Waals surface area (Å²) >= 11 is 0. The van der Waals surface area contributed by atoms with Crippen molar-refractivity contribution in [3.05, 3.63) is 0 Å². The molecule has 80 valence electrons. The fourth-order valence-electron chi connectivity index (χ4n) is 2.24. The van der Waals surface area contributed by atoms with E-state index in [0.717, 1.165) is 6.54 Å². The number of nitriles is 1. The first-order valence-electron chi connectivity index (χ1n) is 5.51. The van der Waals surface area contributed by atoms with E-state index in [9.17, 15) is 0 Å². The highest BCUT2D eigenvalue weighted by Gasteiger charge is 2.26. The zero-order valence-corrected chi connectivity index (χ0v) is 9.45. The molecular formula is C11H21N3. The molecule has 1 N–H and O–H groups in total. The number of likely N-dealkylation sites (tertiary alicyclic amines) is 1. The van der Waals surface area contributed by atoms with Gasteiger partial charge in [0.2, 0.25) is 0 Å². The molecule has 0 aromatic rings. The van der Waals surface area contributed by atoms with Gasteiger partial charge in [0.1, 0.15) is 6.04 Å². The van der Waals surface area contributed by atoms with Gasteiger partial charge in [-0.05, 0) is 33.7 Å². The molecular weight excluding hydrogens is 174 g/mol. The van der Waals surface area contributed by atoms with Crippen molar-refractivity contribution < 1.29 is 0 Å². The molecule has 0 bridgehead atoms. The quantitative estimate of drug-likeness (QED) is 0.739. The molecule has 0 radical (unpaired) electrons. The van der Waals surface area contributed by atoms with E-state index >= 15 is 0 Å². The minimum Gasteiger partial charge on any atom is -0.304 e. The van der Waals surface area contributed by atoms with Crippen LogP contribution in [-0.2, 0) is 0 Å². The summed E-state index contributed by atoms with van der Waals surface area (Å²) in [4.78, 5) is 2.45. The summed E-state index contributed by atoms with van der Waals surface area (Å²) in [6, 6.07) is 3.51. The van der Waals surface area contributed by atoms with Crippen LogP contribution in [0.15, 0.2) is 0 Å². The highest BCUT2D eigenvalue weighted by molar-refractivity contribution is 4.94. The van der Waals surface area contributed by atoms with Crippen molar-refractivity contribution in [2.45, 2.75) is 51.2 Å². The molecule has 0 amide bonds. The molecule has 0 aliphatic carbocycles. The fourth-order valence-corrected chi connectivity index (χ4v) is 2.24.